The molecule has 5 atom stereocenters. The van der Waals surface area contributed by atoms with Crippen LogP contribution in [0.25, 0.3) is 0 Å². The van der Waals surface area contributed by atoms with Gasteiger partial charge in [0.05, 0.1) is 26.4 Å². The van der Waals surface area contributed by atoms with E-state index in [1.54, 1.807) is 0 Å². The van der Waals surface area contributed by atoms with Gasteiger partial charge < -0.3 is 33.8 Å². The summed E-state index contributed by atoms with van der Waals surface area (Å²) < 4.78 is 68.4. The second-order valence-corrected chi connectivity index (χ2v) is 28.5. The second-order valence-electron chi connectivity index (χ2n) is 25.6. The van der Waals surface area contributed by atoms with Gasteiger partial charge in [-0.15, -0.1) is 0 Å². The Balaban J connectivity index is 5.32. The Hall–Kier alpha value is -3.50. The second kappa shape index (κ2) is 70.0. The van der Waals surface area contributed by atoms with E-state index in [1.807, 2.05) is 0 Å². The number of rotatable bonds is 72. The third-order valence-corrected chi connectivity index (χ3v) is 18.1. The Morgan fingerprint density at radius 1 is 0.302 bits per heavy atom. The molecule has 5 unspecified atom stereocenters. The van der Waals surface area contributed by atoms with Crippen molar-refractivity contribution >= 4 is 39.5 Å². The number of esters is 4. The maximum atomic E-state index is 13.1. The lowest BCUT2D eigenvalue weighted by molar-refractivity contribution is -0.161. The molecule has 3 N–H and O–H groups in total. The Kier molecular flexibility index (Phi) is 67.4. The Morgan fingerprint density at radius 2 is 0.552 bits per heavy atom. The number of phosphoric ester groups is 2. The number of allylic oxidation sites excluding steroid dienone is 12. The molecule has 0 aliphatic carbocycles. The average molecular weight is 1400 g/mol. The minimum absolute atomic E-state index is 0.0856. The molecule has 0 aliphatic rings. The summed E-state index contributed by atoms with van der Waals surface area (Å²) in [6, 6.07) is 0. The van der Waals surface area contributed by atoms with E-state index >= 15 is 0 Å². The molecular formula is C77H138O17P2. The topological polar surface area (TPSA) is 237 Å². The van der Waals surface area contributed by atoms with Crippen molar-refractivity contribution in [3.05, 3.63) is 72.9 Å². The third-order valence-electron chi connectivity index (χ3n) is 16.2. The number of ether oxygens (including phenoxy) is 4. The van der Waals surface area contributed by atoms with Crippen LogP contribution in [0.15, 0.2) is 72.9 Å². The van der Waals surface area contributed by atoms with Crippen molar-refractivity contribution < 1.29 is 80.2 Å². The number of unbranched alkanes of at least 4 members (excludes halogenated alkanes) is 34. The predicted molar refractivity (Wildman–Crippen MR) is 390 cm³/mol. The van der Waals surface area contributed by atoms with Crippen LogP contribution in [0.1, 0.15) is 336 Å². The highest BCUT2D eigenvalue weighted by molar-refractivity contribution is 7.47. The quantitative estimate of drug-likeness (QED) is 0.0169. The summed E-state index contributed by atoms with van der Waals surface area (Å²) in [4.78, 5) is 72.8. The lowest BCUT2D eigenvalue weighted by atomic mass is 10.0. The van der Waals surface area contributed by atoms with Gasteiger partial charge in [-0.3, -0.25) is 37.3 Å². The standard InChI is InChI=1S/C77H138O17P2/c1-5-9-13-17-21-25-29-32-34-35-37-40-43-46-50-54-58-62-75(80)88-68-73(94-77(82)64-60-56-52-48-44-38-31-27-23-19-15-11-7-3)70-92-96(85,86)90-66-71(78)65-89-95(83,84)91-69-72(93-76(81)63-59-55-51-47-41-28-24-20-16-12-8-4)67-87-74(79)61-57-53-49-45-42-39-36-33-30-26-22-18-14-10-6-2/h9,13,20-21,24-25,32-34,36-37,40,71-73,78H,5-8,10-12,14-19,22-23,26-31,35,38-39,41-70H2,1-4H3,(H,83,84)(H,85,86)/b13-9-,24-20-,25-21-,34-32-,36-33-,40-37-. The molecule has 17 nitrogen and oxygen atoms in total. The monoisotopic (exact) mass is 1400 g/mol. The van der Waals surface area contributed by atoms with Crippen LogP contribution in [-0.2, 0) is 65.4 Å². The van der Waals surface area contributed by atoms with E-state index in [4.69, 9.17) is 37.0 Å². The van der Waals surface area contributed by atoms with Gasteiger partial charge in [-0.25, -0.2) is 9.13 Å². The minimum atomic E-state index is -4.97. The molecule has 0 rings (SSSR count). The number of phosphoric acid groups is 2. The zero-order valence-electron chi connectivity index (χ0n) is 60.8. The fraction of sp³-hybridized carbons (Fsp3) is 0.792. The lowest BCUT2D eigenvalue weighted by Crippen LogP contribution is -2.30. The van der Waals surface area contributed by atoms with Crippen molar-refractivity contribution in [2.24, 2.45) is 0 Å². The van der Waals surface area contributed by atoms with Gasteiger partial charge in [0, 0.05) is 25.7 Å². The molecule has 0 spiro atoms. The van der Waals surface area contributed by atoms with Crippen LogP contribution in [0, 0.1) is 0 Å². The first-order chi connectivity index (χ1) is 46.7. The molecule has 0 heterocycles. The molecule has 0 aromatic heterocycles. The van der Waals surface area contributed by atoms with Crippen molar-refractivity contribution in [2.75, 3.05) is 39.6 Å². The Morgan fingerprint density at radius 3 is 0.875 bits per heavy atom. The predicted octanol–water partition coefficient (Wildman–Crippen LogP) is 21.7. The van der Waals surface area contributed by atoms with E-state index in [2.05, 4.69) is 101 Å². The van der Waals surface area contributed by atoms with Gasteiger partial charge in [-0.2, -0.15) is 0 Å². The van der Waals surface area contributed by atoms with Crippen molar-refractivity contribution in [3.63, 3.8) is 0 Å². The van der Waals surface area contributed by atoms with Crippen LogP contribution in [0.4, 0.5) is 0 Å². The number of carbonyl (C=O) groups excluding carboxylic acids is 4. The first-order valence-electron chi connectivity index (χ1n) is 38.2. The molecule has 0 amide bonds. The highest BCUT2D eigenvalue weighted by Crippen LogP contribution is 2.45. The number of carbonyl (C=O) groups is 4. The number of hydrogen-bond donors (Lipinski definition) is 3. The molecule has 0 aliphatic heterocycles. The van der Waals surface area contributed by atoms with Crippen LogP contribution in [0.3, 0.4) is 0 Å². The first-order valence-corrected chi connectivity index (χ1v) is 41.2. The third kappa shape index (κ3) is 69.0. The SMILES string of the molecule is CC/C=C\C/C=C\C/C=C\C/C=C\CCCCCCC(=O)OCC(COP(=O)(O)OCC(O)COP(=O)(O)OCC(COC(=O)CCCCCCC/C=C\CCCCCCCC)OC(=O)CCCCCCC/C=C\CCCC)OC(=O)CCCCCCCCCCCCCCC. The van der Waals surface area contributed by atoms with E-state index < -0.39 is 97.5 Å². The van der Waals surface area contributed by atoms with Gasteiger partial charge in [-0.1, -0.05) is 274 Å². The van der Waals surface area contributed by atoms with Crippen LogP contribution in [0.5, 0.6) is 0 Å². The highest BCUT2D eigenvalue weighted by atomic mass is 31.2. The van der Waals surface area contributed by atoms with E-state index in [0.29, 0.717) is 25.7 Å². The summed E-state index contributed by atoms with van der Waals surface area (Å²) in [5.41, 5.74) is 0. The van der Waals surface area contributed by atoms with Crippen molar-refractivity contribution in [2.45, 2.75) is 354 Å². The summed E-state index contributed by atoms with van der Waals surface area (Å²) in [6.45, 7) is 4.71. The maximum absolute atomic E-state index is 13.1. The summed E-state index contributed by atoms with van der Waals surface area (Å²) in [5.74, 6) is -2.20. The Labute approximate surface area is 583 Å². The van der Waals surface area contributed by atoms with Crippen LogP contribution >= 0.6 is 15.6 Å². The molecule has 0 saturated heterocycles. The zero-order chi connectivity index (χ0) is 70.4. The maximum Gasteiger partial charge on any atom is 0.472 e. The smallest absolute Gasteiger partial charge is 0.462 e. The zero-order valence-corrected chi connectivity index (χ0v) is 62.6. The fourth-order valence-corrected chi connectivity index (χ4v) is 11.9. The summed E-state index contributed by atoms with van der Waals surface area (Å²) >= 11 is 0. The fourth-order valence-electron chi connectivity index (χ4n) is 10.3. The van der Waals surface area contributed by atoms with Gasteiger partial charge in [0.25, 0.3) is 0 Å². The van der Waals surface area contributed by atoms with Crippen molar-refractivity contribution in [3.8, 4) is 0 Å². The van der Waals surface area contributed by atoms with Gasteiger partial charge in [0.1, 0.15) is 19.3 Å². The van der Waals surface area contributed by atoms with Crippen molar-refractivity contribution in [1.29, 1.82) is 0 Å². The molecular weight excluding hydrogens is 1260 g/mol. The van der Waals surface area contributed by atoms with Crippen molar-refractivity contribution in [1.82, 2.24) is 0 Å². The number of aliphatic hydroxyl groups is 1. The molecule has 0 saturated carbocycles. The van der Waals surface area contributed by atoms with E-state index in [-0.39, 0.29) is 25.7 Å². The molecule has 96 heavy (non-hydrogen) atoms. The van der Waals surface area contributed by atoms with E-state index in [1.165, 1.54) is 103 Å². The molecule has 19 heteroatoms. The largest absolute Gasteiger partial charge is 0.472 e. The minimum Gasteiger partial charge on any atom is -0.462 e. The normalized spacial score (nSPS) is 14.4. The van der Waals surface area contributed by atoms with Gasteiger partial charge in [0.15, 0.2) is 12.2 Å². The van der Waals surface area contributed by atoms with Crippen LogP contribution < -0.4 is 0 Å². The summed E-state index contributed by atoms with van der Waals surface area (Å²) in [6.07, 6.45) is 68.9. The lowest BCUT2D eigenvalue weighted by Gasteiger charge is -2.21. The molecule has 0 aromatic rings. The molecule has 0 radical (unpaired) electrons. The summed E-state index contributed by atoms with van der Waals surface area (Å²) in [7, 11) is -9.94. The van der Waals surface area contributed by atoms with Crippen LogP contribution in [-0.4, -0.2) is 96.7 Å². The molecule has 558 valence electrons. The Bertz CT molecular complexity index is 2110. The highest BCUT2D eigenvalue weighted by Gasteiger charge is 2.30. The first kappa shape index (κ1) is 92.5. The average Bonchev–Trinajstić information content (AvgIpc) is 1.17. The van der Waals surface area contributed by atoms with Crippen LogP contribution in [0.2, 0.25) is 0 Å². The van der Waals surface area contributed by atoms with Gasteiger partial charge >= 0.3 is 39.5 Å². The number of aliphatic hydroxyl groups excluding tert-OH is 1. The van der Waals surface area contributed by atoms with E-state index in [0.717, 1.165) is 154 Å². The van der Waals surface area contributed by atoms with E-state index in [9.17, 15) is 43.2 Å². The number of hydrogen-bond acceptors (Lipinski definition) is 15. The summed E-state index contributed by atoms with van der Waals surface area (Å²) in [5, 5.41) is 10.6. The van der Waals surface area contributed by atoms with Gasteiger partial charge in [-0.05, 0) is 109 Å². The van der Waals surface area contributed by atoms with Gasteiger partial charge in [0.2, 0.25) is 0 Å². The molecule has 0 aromatic carbocycles. The molecule has 0 bridgehead atoms. The molecule has 0 fully saturated rings.